The van der Waals surface area contributed by atoms with Gasteiger partial charge in [0.05, 0.1) is 13.3 Å². The third-order valence-electron chi connectivity index (χ3n) is 3.66. The molecule has 0 atom stereocenters. The number of hydrogen-bond donors (Lipinski definition) is 0. The van der Waals surface area contributed by atoms with Gasteiger partial charge in [-0.2, -0.15) is 9.78 Å². The Bertz CT molecular complexity index is 1020. The molecule has 1 aromatic carbocycles. The second-order valence-electron chi connectivity index (χ2n) is 5.49. The summed E-state index contributed by atoms with van der Waals surface area (Å²) in [5.41, 5.74) is 0.549. The number of para-hydroxylation sites is 1. The van der Waals surface area contributed by atoms with Crippen molar-refractivity contribution in [2.24, 2.45) is 5.10 Å². The van der Waals surface area contributed by atoms with Crippen molar-refractivity contribution < 1.29 is 27.5 Å². The van der Waals surface area contributed by atoms with Crippen LogP contribution in [0.15, 0.2) is 51.1 Å². The maximum Gasteiger partial charge on any atom is 0.373 e. The second-order valence-corrected chi connectivity index (χ2v) is 6.26. The molecule has 2 aromatic heterocycles. The molecule has 0 radical (unpaired) electrons. The average Bonchev–Trinajstić information content (AvgIpc) is 3.37. The van der Waals surface area contributed by atoms with Gasteiger partial charge in [-0.15, -0.1) is 10.2 Å². The standard InChI is InChI=1S/C18H16F2N4O4S/c1-26-17(25)14-8-7-12(28-14)10-27-13-6-4-3-5-11(13)9-21-24-16(15(19)20)22-23-18(24)29-2/h3-9,15H,10H2,1-2H3/b21-9+. The zero-order valence-corrected chi connectivity index (χ0v) is 16.2. The van der Waals surface area contributed by atoms with E-state index in [0.717, 1.165) is 16.4 Å². The van der Waals surface area contributed by atoms with Gasteiger partial charge in [-0.1, -0.05) is 23.9 Å². The molecule has 0 saturated heterocycles. The minimum atomic E-state index is -2.81. The van der Waals surface area contributed by atoms with Crippen LogP contribution in [0.2, 0.25) is 0 Å². The predicted octanol–water partition coefficient (Wildman–Crippen LogP) is 3.78. The first kappa shape index (κ1) is 20.5. The monoisotopic (exact) mass is 422 g/mol. The lowest BCUT2D eigenvalue weighted by atomic mass is 10.2. The fourth-order valence-corrected chi connectivity index (χ4v) is 2.74. The molecule has 152 valence electrons. The Kier molecular flexibility index (Phi) is 6.60. The van der Waals surface area contributed by atoms with Crippen LogP contribution in [0.25, 0.3) is 0 Å². The van der Waals surface area contributed by atoms with Crippen molar-refractivity contribution in [1.29, 1.82) is 0 Å². The van der Waals surface area contributed by atoms with Crippen molar-refractivity contribution in [3.8, 4) is 5.75 Å². The SMILES string of the molecule is COC(=O)c1ccc(COc2ccccc2/C=N/n2c(SC)nnc2C(F)F)o1. The smallest absolute Gasteiger partial charge is 0.373 e. The zero-order chi connectivity index (χ0) is 20.8. The van der Waals surface area contributed by atoms with Gasteiger partial charge < -0.3 is 13.9 Å². The first-order chi connectivity index (χ1) is 14.0. The van der Waals surface area contributed by atoms with Gasteiger partial charge in [0.2, 0.25) is 16.7 Å². The normalized spacial score (nSPS) is 11.3. The number of rotatable bonds is 8. The summed E-state index contributed by atoms with van der Waals surface area (Å²) in [7, 11) is 1.26. The van der Waals surface area contributed by atoms with E-state index in [1.54, 1.807) is 36.6 Å². The molecule has 0 aliphatic carbocycles. The van der Waals surface area contributed by atoms with E-state index < -0.39 is 18.2 Å². The highest BCUT2D eigenvalue weighted by Gasteiger charge is 2.19. The Morgan fingerprint density at radius 3 is 2.83 bits per heavy atom. The molecule has 0 bridgehead atoms. The number of carbonyl (C=O) groups excluding carboxylic acids is 1. The topological polar surface area (TPSA) is 91.7 Å². The Morgan fingerprint density at radius 1 is 1.31 bits per heavy atom. The minimum absolute atomic E-state index is 0.0484. The molecule has 0 N–H and O–H groups in total. The number of halogens is 2. The summed E-state index contributed by atoms with van der Waals surface area (Å²) in [6.45, 7) is 0.0484. The van der Waals surface area contributed by atoms with Gasteiger partial charge in [-0.25, -0.2) is 13.6 Å². The van der Waals surface area contributed by atoms with E-state index in [0.29, 0.717) is 17.1 Å². The molecule has 11 heteroatoms. The number of esters is 1. The van der Waals surface area contributed by atoms with Crippen molar-refractivity contribution in [1.82, 2.24) is 14.9 Å². The summed E-state index contributed by atoms with van der Waals surface area (Å²) in [6.07, 6.45) is 0.260. The molecule has 2 heterocycles. The third-order valence-corrected chi connectivity index (χ3v) is 4.28. The van der Waals surface area contributed by atoms with Gasteiger partial charge in [-0.3, -0.25) is 0 Å². The van der Waals surface area contributed by atoms with E-state index in [-0.39, 0.29) is 17.5 Å². The minimum Gasteiger partial charge on any atom is -0.485 e. The molecule has 8 nitrogen and oxygen atoms in total. The number of thioether (sulfide) groups is 1. The maximum absolute atomic E-state index is 13.1. The van der Waals surface area contributed by atoms with Crippen LogP contribution < -0.4 is 4.74 Å². The average molecular weight is 422 g/mol. The summed E-state index contributed by atoms with van der Waals surface area (Å²) < 4.78 is 42.8. The number of aromatic nitrogens is 3. The van der Waals surface area contributed by atoms with Gasteiger partial charge in [0.15, 0.2) is 0 Å². The number of carbonyl (C=O) groups is 1. The van der Waals surface area contributed by atoms with Gasteiger partial charge >= 0.3 is 5.97 Å². The summed E-state index contributed by atoms with van der Waals surface area (Å²) >= 11 is 1.15. The largest absolute Gasteiger partial charge is 0.485 e. The fourth-order valence-electron chi connectivity index (χ4n) is 2.30. The molecule has 0 saturated carbocycles. The van der Waals surface area contributed by atoms with Crippen molar-refractivity contribution in [3.05, 3.63) is 59.3 Å². The molecule has 0 fully saturated rings. The molecule has 3 aromatic rings. The molecule has 0 aliphatic rings. The van der Waals surface area contributed by atoms with Crippen LogP contribution in [-0.4, -0.2) is 40.4 Å². The van der Waals surface area contributed by atoms with Crippen LogP contribution in [0.1, 0.15) is 34.1 Å². The van der Waals surface area contributed by atoms with Crippen LogP contribution in [-0.2, 0) is 11.3 Å². The first-order valence-corrected chi connectivity index (χ1v) is 9.46. The molecule has 29 heavy (non-hydrogen) atoms. The van der Waals surface area contributed by atoms with E-state index >= 15 is 0 Å². The van der Waals surface area contributed by atoms with Gasteiger partial charge in [0, 0.05) is 5.56 Å². The second kappa shape index (κ2) is 9.32. The van der Waals surface area contributed by atoms with Crippen molar-refractivity contribution in [2.45, 2.75) is 18.2 Å². The summed E-state index contributed by atoms with van der Waals surface area (Å²) in [5, 5.41) is 11.5. The summed E-state index contributed by atoms with van der Waals surface area (Å²) in [4.78, 5) is 11.4. The van der Waals surface area contributed by atoms with Crippen LogP contribution in [0.5, 0.6) is 5.75 Å². The number of nitrogens with zero attached hydrogens (tertiary/aromatic N) is 4. The van der Waals surface area contributed by atoms with Crippen molar-refractivity contribution in [3.63, 3.8) is 0 Å². The highest BCUT2D eigenvalue weighted by molar-refractivity contribution is 7.98. The number of ether oxygens (including phenoxy) is 2. The predicted molar refractivity (Wildman–Crippen MR) is 101 cm³/mol. The first-order valence-electron chi connectivity index (χ1n) is 8.24. The van der Waals surface area contributed by atoms with Crippen LogP contribution in [0.4, 0.5) is 8.78 Å². The highest BCUT2D eigenvalue weighted by Crippen LogP contribution is 2.23. The molecule has 0 spiro atoms. The lowest BCUT2D eigenvalue weighted by Crippen LogP contribution is -2.02. The molecule has 0 unspecified atom stereocenters. The van der Waals surface area contributed by atoms with E-state index in [9.17, 15) is 13.6 Å². The van der Waals surface area contributed by atoms with Crippen molar-refractivity contribution in [2.75, 3.05) is 13.4 Å². The summed E-state index contributed by atoms with van der Waals surface area (Å²) in [6, 6.07) is 10.0. The van der Waals surface area contributed by atoms with Gasteiger partial charge in [0.25, 0.3) is 6.43 Å². The number of methoxy groups -OCH3 is 1. The molecule has 3 rings (SSSR count). The fraction of sp³-hybridized carbons (Fsp3) is 0.222. The van der Waals surface area contributed by atoms with E-state index in [1.807, 2.05) is 0 Å². The van der Waals surface area contributed by atoms with E-state index in [4.69, 9.17) is 9.15 Å². The quantitative estimate of drug-likeness (QED) is 0.310. The molecular weight excluding hydrogens is 406 g/mol. The van der Waals surface area contributed by atoms with Crippen LogP contribution in [0, 0.1) is 0 Å². The number of furan rings is 1. The van der Waals surface area contributed by atoms with Crippen LogP contribution >= 0.6 is 11.8 Å². The lowest BCUT2D eigenvalue weighted by Gasteiger charge is -2.08. The Hall–Kier alpha value is -3.21. The summed E-state index contributed by atoms with van der Waals surface area (Å²) in [5.74, 6) is -0.199. The Balaban J connectivity index is 1.78. The third kappa shape index (κ3) is 4.80. The highest BCUT2D eigenvalue weighted by atomic mass is 32.2. The number of alkyl halides is 2. The zero-order valence-electron chi connectivity index (χ0n) is 15.4. The molecular formula is C18H16F2N4O4S. The van der Waals surface area contributed by atoms with Crippen LogP contribution in [0.3, 0.4) is 0 Å². The lowest BCUT2D eigenvalue weighted by molar-refractivity contribution is 0.0561. The number of benzene rings is 1. The molecule has 0 aliphatic heterocycles. The van der Waals surface area contributed by atoms with E-state index in [1.165, 1.54) is 19.4 Å². The number of hydrogen-bond acceptors (Lipinski definition) is 8. The van der Waals surface area contributed by atoms with Crippen molar-refractivity contribution >= 4 is 23.9 Å². The Labute approximate surface area is 168 Å². The molecule has 0 amide bonds. The van der Waals surface area contributed by atoms with Gasteiger partial charge in [-0.05, 0) is 30.5 Å². The van der Waals surface area contributed by atoms with E-state index in [2.05, 4.69) is 20.0 Å². The van der Waals surface area contributed by atoms with Gasteiger partial charge in [0.1, 0.15) is 18.1 Å². The Morgan fingerprint density at radius 2 is 2.10 bits per heavy atom. The maximum atomic E-state index is 13.1.